The molecule has 156 valence electrons. The van der Waals surface area contributed by atoms with Crippen molar-refractivity contribution < 1.29 is 14.0 Å². The largest absolute Gasteiger partial charge is 0.451 e. The van der Waals surface area contributed by atoms with Crippen LogP contribution >= 0.6 is 11.3 Å². The van der Waals surface area contributed by atoms with Gasteiger partial charge in [0.05, 0.1) is 4.88 Å². The van der Waals surface area contributed by atoms with Crippen LogP contribution in [0.15, 0.2) is 76.5 Å². The summed E-state index contributed by atoms with van der Waals surface area (Å²) in [4.78, 5) is 30.0. The molecule has 3 heterocycles. The van der Waals surface area contributed by atoms with E-state index in [2.05, 4.69) is 10.2 Å². The van der Waals surface area contributed by atoms with Gasteiger partial charge in [0, 0.05) is 42.9 Å². The molecule has 0 aliphatic carbocycles. The average molecular weight is 432 g/mol. The molecule has 1 saturated heterocycles. The molecule has 7 heteroatoms. The molecule has 1 N–H and O–H groups in total. The molecule has 0 saturated carbocycles. The Morgan fingerprint density at radius 3 is 2.39 bits per heavy atom. The van der Waals surface area contributed by atoms with Crippen LogP contribution in [0.1, 0.15) is 20.2 Å². The second-order valence-electron chi connectivity index (χ2n) is 7.41. The van der Waals surface area contributed by atoms with Gasteiger partial charge in [0.15, 0.2) is 5.76 Å². The van der Waals surface area contributed by atoms with Crippen LogP contribution < -0.4 is 10.2 Å². The minimum Gasteiger partial charge on any atom is -0.451 e. The number of nitrogens with one attached hydrogen (secondary N) is 1. The van der Waals surface area contributed by atoms with E-state index in [1.165, 1.54) is 11.3 Å². The maximum atomic E-state index is 12.5. The molecular weight excluding hydrogens is 410 g/mol. The first-order valence-electron chi connectivity index (χ1n) is 10.1. The Kier molecular flexibility index (Phi) is 5.18. The molecule has 0 bridgehead atoms. The smallest absolute Gasteiger partial charge is 0.291 e. The monoisotopic (exact) mass is 431 g/mol. The van der Waals surface area contributed by atoms with Crippen LogP contribution in [0.25, 0.3) is 11.0 Å². The number of carbonyl (C=O) groups is 2. The van der Waals surface area contributed by atoms with E-state index in [0.29, 0.717) is 24.4 Å². The first-order chi connectivity index (χ1) is 15.2. The molecule has 0 unspecified atom stereocenters. The summed E-state index contributed by atoms with van der Waals surface area (Å²) >= 11 is 1.48. The lowest BCUT2D eigenvalue weighted by atomic mass is 10.2. The Balaban J connectivity index is 1.19. The fourth-order valence-electron chi connectivity index (χ4n) is 3.77. The number of anilines is 2. The minimum atomic E-state index is -0.273. The molecule has 31 heavy (non-hydrogen) atoms. The number of nitrogens with zero attached hydrogens (tertiary/aromatic N) is 2. The maximum Gasteiger partial charge on any atom is 0.291 e. The Morgan fingerprint density at radius 1 is 0.903 bits per heavy atom. The van der Waals surface area contributed by atoms with Gasteiger partial charge in [-0.05, 0) is 47.8 Å². The molecule has 4 aromatic rings. The average Bonchev–Trinajstić information content (AvgIpc) is 3.49. The van der Waals surface area contributed by atoms with E-state index >= 15 is 0 Å². The summed E-state index contributed by atoms with van der Waals surface area (Å²) in [5, 5.41) is 5.72. The van der Waals surface area contributed by atoms with Crippen LogP contribution in [0.5, 0.6) is 0 Å². The number of amides is 2. The Hall–Kier alpha value is -3.58. The van der Waals surface area contributed by atoms with Crippen molar-refractivity contribution in [2.45, 2.75) is 0 Å². The van der Waals surface area contributed by atoms with Gasteiger partial charge in [-0.2, -0.15) is 0 Å². The number of piperazine rings is 1. The second-order valence-corrected chi connectivity index (χ2v) is 8.35. The number of rotatable bonds is 4. The number of hydrogen-bond acceptors (Lipinski definition) is 5. The summed E-state index contributed by atoms with van der Waals surface area (Å²) in [5.41, 5.74) is 2.48. The van der Waals surface area contributed by atoms with Crippen molar-refractivity contribution in [3.8, 4) is 0 Å². The highest BCUT2D eigenvalue weighted by Crippen LogP contribution is 2.23. The summed E-state index contributed by atoms with van der Waals surface area (Å²) in [6, 6.07) is 20.8. The van der Waals surface area contributed by atoms with E-state index in [4.69, 9.17) is 4.42 Å². The summed E-state index contributed by atoms with van der Waals surface area (Å²) < 4.78 is 5.63. The van der Waals surface area contributed by atoms with Gasteiger partial charge in [-0.15, -0.1) is 11.3 Å². The van der Waals surface area contributed by atoms with Gasteiger partial charge < -0.3 is 19.5 Å². The van der Waals surface area contributed by atoms with Gasteiger partial charge in [0.2, 0.25) is 0 Å². The molecule has 5 rings (SSSR count). The maximum absolute atomic E-state index is 12.5. The highest BCUT2D eigenvalue weighted by molar-refractivity contribution is 7.12. The highest BCUT2D eigenvalue weighted by Gasteiger charge is 2.23. The van der Waals surface area contributed by atoms with Crippen LogP contribution in [-0.2, 0) is 0 Å². The summed E-state index contributed by atoms with van der Waals surface area (Å²) in [6.07, 6.45) is 0. The quantitative estimate of drug-likeness (QED) is 0.508. The van der Waals surface area contributed by atoms with Crippen LogP contribution in [-0.4, -0.2) is 42.9 Å². The van der Waals surface area contributed by atoms with E-state index < -0.39 is 0 Å². The number of fused-ring (bicyclic) bond motifs is 1. The molecule has 6 nitrogen and oxygen atoms in total. The number of para-hydroxylation sites is 1. The molecular formula is C24H21N3O3S. The van der Waals surface area contributed by atoms with Crippen LogP contribution in [0, 0.1) is 0 Å². The topological polar surface area (TPSA) is 65.8 Å². The number of hydrogen-bond donors (Lipinski definition) is 1. The molecule has 1 aliphatic rings. The van der Waals surface area contributed by atoms with Crippen LogP contribution in [0.2, 0.25) is 0 Å². The standard InChI is InChI=1S/C24H21N3O3S/c28-23(21-16-17-4-1-2-5-20(17)30-21)25-18-7-9-19(10-8-18)26-11-13-27(14-12-26)24(29)22-6-3-15-31-22/h1-10,15-16H,11-14H2,(H,25,28). The molecule has 2 amide bonds. The van der Waals surface area contributed by atoms with Gasteiger partial charge in [0.1, 0.15) is 5.58 Å². The number of thiophene rings is 1. The van der Waals surface area contributed by atoms with Gasteiger partial charge in [-0.25, -0.2) is 0 Å². The predicted molar refractivity (Wildman–Crippen MR) is 123 cm³/mol. The molecule has 1 aliphatic heterocycles. The van der Waals surface area contributed by atoms with E-state index in [9.17, 15) is 9.59 Å². The van der Waals surface area contributed by atoms with Crippen molar-refractivity contribution in [3.05, 3.63) is 82.7 Å². The number of furan rings is 1. The third-order valence-corrected chi connectivity index (χ3v) is 6.30. The van der Waals surface area contributed by atoms with Gasteiger partial charge >= 0.3 is 0 Å². The van der Waals surface area contributed by atoms with Crippen molar-refractivity contribution >= 4 is 45.5 Å². The summed E-state index contributed by atoms with van der Waals surface area (Å²) in [6.45, 7) is 2.95. The Morgan fingerprint density at radius 2 is 1.68 bits per heavy atom. The Labute approximate surface area is 183 Å². The van der Waals surface area contributed by atoms with Gasteiger partial charge in [-0.3, -0.25) is 9.59 Å². The van der Waals surface area contributed by atoms with E-state index in [1.807, 2.05) is 70.9 Å². The van der Waals surface area contributed by atoms with Crippen molar-refractivity contribution in [1.29, 1.82) is 0 Å². The fourth-order valence-corrected chi connectivity index (χ4v) is 4.46. The van der Waals surface area contributed by atoms with Gasteiger partial charge in [0.25, 0.3) is 11.8 Å². The minimum absolute atomic E-state index is 0.110. The molecule has 2 aromatic heterocycles. The lowest BCUT2D eigenvalue weighted by molar-refractivity contribution is 0.0751. The number of carbonyl (C=O) groups excluding carboxylic acids is 2. The normalized spacial score (nSPS) is 14.1. The van der Waals surface area contributed by atoms with E-state index in [0.717, 1.165) is 29.0 Å². The molecule has 1 fully saturated rings. The SMILES string of the molecule is O=C(Nc1ccc(N2CCN(C(=O)c3cccs3)CC2)cc1)c1cc2ccccc2o1. The molecule has 2 aromatic carbocycles. The third kappa shape index (κ3) is 4.04. The zero-order valence-electron chi connectivity index (χ0n) is 16.8. The lowest BCUT2D eigenvalue weighted by Gasteiger charge is -2.36. The molecule has 0 atom stereocenters. The first kappa shape index (κ1) is 19.4. The van der Waals surface area contributed by atoms with Crippen LogP contribution in [0.4, 0.5) is 11.4 Å². The third-order valence-electron chi connectivity index (χ3n) is 5.44. The predicted octanol–water partition coefficient (Wildman–Crippen LogP) is 4.71. The van der Waals surface area contributed by atoms with Crippen molar-refractivity contribution in [2.24, 2.45) is 0 Å². The summed E-state index contributed by atoms with van der Waals surface area (Å²) in [5.74, 6) is 0.125. The Bertz CT molecular complexity index is 1170. The van der Waals surface area contributed by atoms with Crippen molar-refractivity contribution in [1.82, 2.24) is 4.90 Å². The first-order valence-corrected chi connectivity index (χ1v) is 11.0. The van der Waals surface area contributed by atoms with E-state index in [-0.39, 0.29) is 17.6 Å². The zero-order chi connectivity index (χ0) is 21.2. The zero-order valence-corrected chi connectivity index (χ0v) is 17.6. The highest BCUT2D eigenvalue weighted by atomic mass is 32.1. The number of benzene rings is 2. The molecule has 0 spiro atoms. The second kappa shape index (κ2) is 8.28. The van der Waals surface area contributed by atoms with Crippen LogP contribution in [0.3, 0.4) is 0 Å². The van der Waals surface area contributed by atoms with Gasteiger partial charge in [-0.1, -0.05) is 24.3 Å². The van der Waals surface area contributed by atoms with Crippen molar-refractivity contribution in [2.75, 3.05) is 36.4 Å². The van der Waals surface area contributed by atoms with E-state index in [1.54, 1.807) is 6.07 Å². The molecule has 0 radical (unpaired) electrons. The lowest BCUT2D eigenvalue weighted by Crippen LogP contribution is -2.48. The van der Waals surface area contributed by atoms with Crippen molar-refractivity contribution in [3.63, 3.8) is 0 Å². The summed E-state index contributed by atoms with van der Waals surface area (Å²) in [7, 11) is 0. The fraction of sp³-hybridized carbons (Fsp3) is 0.167.